The lowest BCUT2D eigenvalue weighted by molar-refractivity contribution is -0.151. The number of hydrogen-bond acceptors (Lipinski definition) is 2. The molecular formula is C17H22F3NO3. The van der Waals surface area contributed by atoms with Crippen LogP contribution in [0.15, 0.2) is 24.3 Å². The van der Waals surface area contributed by atoms with Crippen LogP contribution in [0.1, 0.15) is 37.3 Å². The van der Waals surface area contributed by atoms with Crippen molar-refractivity contribution < 1.29 is 27.9 Å². The standard InChI is InChI=1S/C17H22F3NO3/c1-16(15(23)24,8-3-9-17(18,19)20)11-13-6-4-12(5-7-13)10-14(22)21-2/h4-7H,3,8-11H2,1-2H3,(H,21,22)(H,23,24). The van der Waals surface area contributed by atoms with Crippen molar-refractivity contribution in [3.8, 4) is 0 Å². The van der Waals surface area contributed by atoms with Crippen LogP contribution in [-0.4, -0.2) is 30.2 Å². The van der Waals surface area contributed by atoms with E-state index < -0.39 is 24.0 Å². The van der Waals surface area contributed by atoms with Gasteiger partial charge in [-0.3, -0.25) is 9.59 Å². The van der Waals surface area contributed by atoms with E-state index >= 15 is 0 Å². The summed E-state index contributed by atoms with van der Waals surface area (Å²) in [5.41, 5.74) is 0.243. The predicted octanol–water partition coefficient (Wildman–Crippen LogP) is 3.34. The van der Waals surface area contributed by atoms with Gasteiger partial charge in [-0.25, -0.2) is 0 Å². The Labute approximate surface area is 139 Å². The maximum atomic E-state index is 12.3. The van der Waals surface area contributed by atoms with Crippen LogP contribution >= 0.6 is 0 Å². The van der Waals surface area contributed by atoms with Crippen LogP contribution in [0.2, 0.25) is 0 Å². The number of rotatable bonds is 8. The van der Waals surface area contributed by atoms with Crippen molar-refractivity contribution in [2.75, 3.05) is 7.05 Å². The van der Waals surface area contributed by atoms with E-state index in [1.807, 2.05) is 0 Å². The number of halogens is 3. The topological polar surface area (TPSA) is 66.4 Å². The Bertz CT molecular complexity index is 569. The highest BCUT2D eigenvalue weighted by atomic mass is 19.4. The first kappa shape index (κ1) is 20.0. The van der Waals surface area contributed by atoms with E-state index in [2.05, 4.69) is 5.32 Å². The smallest absolute Gasteiger partial charge is 0.389 e. The second-order valence-corrected chi connectivity index (χ2v) is 6.18. The third-order valence-corrected chi connectivity index (χ3v) is 3.97. The Morgan fingerprint density at radius 2 is 1.62 bits per heavy atom. The van der Waals surface area contributed by atoms with Gasteiger partial charge in [0, 0.05) is 13.5 Å². The first-order chi connectivity index (χ1) is 11.1. The molecule has 0 aliphatic carbocycles. The molecular weight excluding hydrogens is 323 g/mol. The lowest BCUT2D eigenvalue weighted by atomic mass is 9.79. The number of hydrogen-bond donors (Lipinski definition) is 2. The highest BCUT2D eigenvalue weighted by Crippen LogP contribution is 2.32. The molecule has 1 rings (SSSR count). The van der Waals surface area contributed by atoms with Crippen molar-refractivity contribution in [3.63, 3.8) is 0 Å². The van der Waals surface area contributed by atoms with E-state index in [-0.39, 0.29) is 31.6 Å². The van der Waals surface area contributed by atoms with Gasteiger partial charge in [0.15, 0.2) is 0 Å². The summed E-state index contributed by atoms with van der Waals surface area (Å²) in [6, 6.07) is 6.87. The van der Waals surface area contributed by atoms with E-state index in [0.717, 1.165) is 5.56 Å². The van der Waals surface area contributed by atoms with Gasteiger partial charge in [0.25, 0.3) is 0 Å². The molecule has 134 valence electrons. The van der Waals surface area contributed by atoms with Crippen LogP contribution in [0.3, 0.4) is 0 Å². The third-order valence-electron chi connectivity index (χ3n) is 3.97. The highest BCUT2D eigenvalue weighted by Gasteiger charge is 2.35. The summed E-state index contributed by atoms with van der Waals surface area (Å²) < 4.78 is 36.8. The van der Waals surface area contributed by atoms with Crippen LogP contribution in [0, 0.1) is 5.41 Å². The molecule has 1 atom stereocenters. The van der Waals surface area contributed by atoms with Crippen molar-refractivity contribution in [1.29, 1.82) is 0 Å². The molecule has 0 fully saturated rings. The normalized spacial score (nSPS) is 14.0. The van der Waals surface area contributed by atoms with Gasteiger partial charge in [-0.15, -0.1) is 0 Å². The first-order valence-corrected chi connectivity index (χ1v) is 7.64. The van der Waals surface area contributed by atoms with Crippen molar-refractivity contribution in [1.82, 2.24) is 5.32 Å². The molecule has 24 heavy (non-hydrogen) atoms. The first-order valence-electron chi connectivity index (χ1n) is 7.64. The Hall–Kier alpha value is -2.05. The average molecular weight is 345 g/mol. The van der Waals surface area contributed by atoms with Gasteiger partial charge >= 0.3 is 12.1 Å². The number of carboxylic acid groups (broad SMARTS) is 1. The molecule has 0 heterocycles. The lowest BCUT2D eigenvalue weighted by Crippen LogP contribution is -2.30. The molecule has 1 aromatic carbocycles. The van der Waals surface area contributed by atoms with E-state index in [9.17, 15) is 27.9 Å². The number of likely N-dealkylation sites (N-methyl/N-ethyl adjacent to an activating group) is 1. The van der Waals surface area contributed by atoms with Gasteiger partial charge in [0.05, 0.1) is 11.8 Å². The number of alkyl halides is 3. The number of carboxylic acids is 1. The number of nitrogens with one attached hydrogen (secondary N) is 1. The second-order valence-electron chi connectivity index (χ2n) is 6.18. The van der Waals surface area contributed by atoms with Crippen LogP contribution in [0.5, 0.6) is 0 Å². The summed E-state index contributed by atoms with van der Waals surface area (Å²) in [4.78, 5) is 22.8. The molecule has 0 saturated carbocycles. The number of aliphatic carboxylic acids is 1. The predicted molar refractivity (Wildman–Crippen MR) is 83.6 cm³/mol. The number of amides is 1. The summed E-state index contributed by atoms with van der Waals surface area (Å²) in [6.07, 6.45) is -5.18. The van der Waals surface area contributed by atoms with Crippen LogP contribution < -0.4 is 5.32 Å². The van der Waals surface area contributed by atoms with Crippen LogP contribution in [0.25, 0.3) is 0 Å². The highest BCUT2D eigenvalue weighted by molar-refractivity contribution is 5.78. The van der Waals surface area contributed by atoms with Gasteiger partial charge in [-0.1, -0.05) is 24.3 Å². The van der Waals surface area contributed by atoms with Gasteiger partial charge < -0.3 is 10.4 Å². The second kappa shape index (κ2) is 8.17. The zero-order valence-electron chi connectivity index (χ0n) is 13.7. The van der Waals surface area contributed by atoms with Gasteiger partial charge in [0.2, 0.25) is 5.91 Å². The Morgan fingerprint density at radius 3 is 2.08 bits per heavy atom. The van der Waals surface area contributed by atoms with Crippen molar-refractivity contribution in [3.05, 3.63) is 35.4 Å². The van der Waals surface area contributed by atoms with E-state index in [0.29, 0.717) is 5.56 Å². The summed E-state index contributed by atoms with van der Waals surface area (Å²) in [5.74, 6) is -1.25. The largest absolute Gasteiger partial charge is 0.481 e. The zero-order chi connectivity index (χ0) is 18.4. The van der Waals surface area contributed by atoms with Crippen LogP contribution in [-0.2, 0) is 22.4 Å². The minimum absolute atomic E-state index is 0.0537. The van der Waals surface area contributed by atoms with Gasteiger partial charge in [0.1, 0.15) is 0 Å². The van der Waals surface area contributed by atoms with Crippen LogP contribution in [0.4, 0.5) is 13.2 Å². The number of benzene rings is 1. The summed E-state index contributed by atoms with van der Waals surface area (Å²) in [6.45, 7) is 1.46. The van der Waals surface area contributed by atoms with E-state index in [1.54, 1.807) is 24.3 Å². The third kappa shape index (κ3) is 6.60. The maximum absolute atomic E-state index is 12.3. The molecule has 7 heteroatoms. The van der Waals surface area contributed by atoms with E-state index in [4.69, 9.17) is 0 Å². The maximum Gasteiger partial charge on any atom is 0.389 e. The molecule has 0 radical (unpaired) electrons. The molecule has 0 saturated heterocycles. The molecule has 0 spiro atoms. The summed E-state index contributed by atoms with van der Waals surface area (Å²) in [5, 5.41) is 11.9. The fourth-order valence-corrected chi connectivity index (χ4v) is 2.45. The molecule has 2 N–H and O–H groups in total. The minimum Gasteiger partial charge on any atom is -0.481 e. The lowest BCUT2D eigenvalue weighted by Gasteiger charge is -2.25. The van der Waals surface area contributed by atoms with Crippen molar-refractivity contribution in [2.24, 2.45) is 5.41 Å². The van der Waals surface area contributed by atoms with E-state index in [1.165, 1.54) is 14.0 Å². The zero-order valence-corrected chi connectivity index (χ0v) is 13.7. The Kier molecular flexibility index (Phi) is 6.81. The summed E-state index contributed by atoms with van der Waals surface area (Å²) in [7, 11) is 1.54. The minimum atomic E-state index is -4.28. The van der Waals surface area contributed by atoms with Gasteiger partial charge in [-0.2, -0.15) is 13.2 Å². The fraction of sp³-hybridized carbons (Fsp3) is 0.529. The number of carbonyl (C=O) groups excluding carboxylic acids is 1. The molecule has 0 bridgehead atoms. The fourth-order valence-electron chi connectivity index (χ4n) is 2.45. The average Bonchev–Trinajstić information content (AvgIpc) is 2.47. The monoisotopic (exact) mass is 345 g/mol. The molecule has 1 unspecified atom stereocenters. The number of carbonyl (C=O) groups is 2. The molecule has 1 aromatic rings. The molecule has 0 aromatic heterocycles. The van der Waals surface area contributed by atoms with Crippen molar-refractivity contribution in [2.45, 2.75) is 45.2 Å². The molecule has 1 amide bonds. The summed E-state index contributed by atoms with van der Waals surface area (Å²) >= 11 is 0. The Morgan fingerprint density at radius 1 is 1.08 bits per heavy atom. The molecule has 4 nitrogen and oxygen atoms in total. The quantitative estimate of drug-likeness (QED) is 0.759. The SMILES string of the molecule is CNC(=O)Cc1ccc(CC(C)(CCCC(F)(F)F)C(=O)O)cc1. The molecule has 0 aliphatic rings. The van der Waals surface area contributed by atoms with Crippen molar-refractivity contribution >= 4 is 11.9 Å². The van der Waals surface area contributed by atoms with Gasteiger partial charge in [-0.05, 0) is 37.3 Å². The Balaban J connectivity index is 2.73. The molecule has 0 aliphatic heterocycles.